The number of halogens is 1. The van der Waals surface area contributed by atoms with Gasteiger partial charge < -0.3 is 9.30 Å². The first-order valence-corrected chi connectivity index (χ1v) is 12.8. The van der Waals surface area contributed by atoms with Crippen molar-refractivity contribution in [1.82, 2.24) is 4.57 Å². The summed E-state index contributed by atoms with van der Waals surface area (Å²) in [7, 11) is 1.66. The molecule has 0 saturated carbocycles. The van der Waals surface area contributed by atoms with Gasteiger partial charge in [0.15, 0.2) is 4.80 Å². The molecule has 154 valence electrons. The Bertz CT molecular complexity index is 1030. The van der Waals surface area contributed by atoms with Gasteiger partial charge in [0.25, 0.3) is 0 Å². The highest BCUT2D eigenvalue weighted by molar-refractivity contribution is 7.99. The van der Waals surface area contributed by atoms with E-state index in [1.165, 1.54) is 16.2 Å². The van der Waals surface area contributed by atoms with Crippen molar-refractivity contribution in [3.63, 3.8) is 0 Å². The lowest BCUT2D eigenvalue weighted by atomic mass is 10.3. The molecule has 0 radical (unpaired) electrons. The number of amides is 1. The van der Waals surface area contributed by atoms with Gasteiger partial charge >= 0.3 is 0 Å². The molecule has 0 aliphatic heterocycles. The maximum Gasteiger partial charge on any atom is 0.248 e. The van der Waals surface area contributed by atoms with E-state index in [0.717, 1.165) is 45.2 Å². The summed E-state index contributed by atoms with van der Waals surface area (Å²) in [6.07, 6.45) is 3.32. The number of rotatable bonds is 9. The fraction of sp³-hybridized carbons (Fsp3) is 0.333. The van der Waals surface area contributed by atoms with E-state index >= 15 is 0 Å². The molecule has 0 aliphatic carbocycles. The van der Waals surface area contributed by atoms with E-state index in [2.05, 4.69) is 15.8 Å². The van der Waals surface area contributed by atoms with E-state index in [4.69, 9.17) is 16.3 Å². The predicted molar refractivity (Wildman–Crippen MR) is 127 cm³/mol. The molecule has 3 aromatic rings. The Morgan fingerprint density at radius 3 is 2.72 bits per heavy atom. The lowest BCUT2D eigenvalue weighted by Crippen LogP contribution is -2.18. The van der Waals surface area contributed by atoms with Gasteiger partial charge in [0.2, 0.25) is 5.91 Å². The van der Waals surface area contributed by atoms with Gasteiger partial charge in [0.05, 0.1) is 17.3 Å². The van der Waals surface area contributed by atoms with Crippen LogP contribution in [0.4, 0.5) is 0 Å². The fourth-order valence-electron chi connectivity index (χ4n) is 2.78. The number of aromatic nitrogens is 1. The minimum Gasteiger partial charge on any atom is -0.497 e. The van der Waals surface area contributed by atoms with Crippen molar-refractivity contribution >= 4 is 62.6 Å². The second kappa shape index (κ2) is 11.1. The molecule has 4 nitrogen and oxygen atoms in total. The summed E-state index contributed by atoms with van der Waals surface area (Å²) in [5, 5.41) is 0.698. The summed E-state index contributed by atoms with van der Waals surface area (Å²) in [5.74, 6) is 2.62. The van der Waals surface area contributed by atoms with Gasteiger partial charge in [-0.25, -0.2) is 0 Å². The van der Waals surface area contributed by atoms with Crippen molar-refractivity contribution in [3.8, 4) is 5.75 Å². The van der Waals surface area contributed by atoms with Crippen molar-refractivity contribution < 1.29 is 9.53 Å². The minimum absolute atomic E-state index is 0.0733. The van der Waals surface area contributed by atoms with E-state index in [1.807, 2.05) is 42.5 Å². The molecule has 0 bridgehead atoms. The molecule has 0 unspecified atom stereocenters. The zero-order chi connectivity index (χ0) is 20.6. The third-order valence-corrected chi connectivity index (χ3v) is 7.21. The Kier molecular flexibility index (Phi) is 8.53. The molecular formula is C21H23ClN2O2S3. The van der Waals surface area contributed by atoms with Crippen LogP contribution in [0.5, 0.6) is 5.75 Å². The third kappa shape index (κ3) is 6.28. The maximum atomic E-state index is 12.4. The molecule has 3 rings (SSSR count). The van der Waals surface area contributed by atoms with Crippen LogP contribution in [0.3, 0.4) is 0 Å². The van der Waals surface area contributed by atoms with Gasteiger partial charge in [-0.05, 0) is 60.9 Å². The highest BCUT2D eigenvalue weighted by atomic mass is 35.5. The van der Waals surface area contributed by atoms with Crippen LogP contribution in [0.25, 0.3) is 10.2 Å². The van der Waals surface area contributed by atoms with E-state index in [-0.39, 0.29) is 5.91 Å². The molecule has 1 aromatic heterocycles. The lowest BCUT2D eigenvalue weighted by molar-refractivity contribution is -0.118. The molecular weight excluding hydrogens is 444 g/mol. The topological polar surface area (TPSA) is 43.6 Å². The van der Waals surface area contributed by atoms with Crippen LogP contribution < -0.4 is 9.54 Å². The largest absolute Gasteiger partial charge is 0.497 e. The van der Waals surface area contributed by atoms with Crippen LogP contribution in [-0.2, 0) is 11.3 Å². The van der Waals surface area contributed by atoms with E-state index in [1.54, 1.807) is 30.6 Å². The first-order valence-electron chi connectivity index (χ1n) is 9.23. The molecule has 0 spiro atoms. The van der Waals surface area contributed by atoms with Gasteiger partial charge in [-0.1, -0.05) is 22.9 Å². The van der Waals surface area contributed by atoms with Gasteiger partial charge in [0.1, 0.15) is 5.75 Å². The summed E-state index contributed by atoms with van der Waals surface area (Å²) in [6.45, 7) is 0.822. The molecule has 29 heavy (non-hydrogen) atoms. The van der Waals surface area contributed by atoms with Crippen molar-refractivity contribution in [3.05, 3.63) is 52.3 Å². The van der Waals surface area contributed by atoms with Gasteiger partial charge in [-0.3, -0.25) is 4.79 Å². The number of carbonyl (C=O) groups is 1. The number of nitrogens with zero attached hydrogens (tertiary/aromatic N) is 2. The van der Waals surface area contributed by atoms with Crippen LogP contribution in [0.15, 0.2) is 52.4 Å². The summed E-state index contributed by atoms with van der Waals surface area (Å²) >= 11 is 11.2. The fourth-order valence-corrected chi connectivity index (χ4v) is 5.35. The van der Waals surface area contributed by atoms with Gasteiger partial charge in [-0.15, -0.1) is 11.8 Å². The monoisotopic (exact) mass is 466 g/mol. The second-order valence-corrected chi connectivity index (χ2v) is 9.87. The number of fused-ring (bicyclic) bond motifs is 1. The summed E-state index contributed by atoms with van der Waals surface area (Å²) < 4.78 is 8.35. The van der Waals surface area contributed by atoms with Crippen molar-refractivity contribution in [2.45, 2.75) is 24.3 Å². The Morgan fingerprint density at radius 2 is 2.00 bits per heavy atom. The second-order valence-electron chi connectivity index (χ2n) is 6.27. The third-order valence-electron chi connectivity index (χ3n) is 4.25. The summed E-state index contributed by atoms with van der Waals surface area (Å²) in [5.41, 5.74) is 1.08. The molecule has 1 amide bonds. The minimum atomic E-state index is -0.0733. The molecule has 0 fully saturated rings. The number of benzene rings is 2. The first-order chi connectivity index (χ1) is 14.1. The normalized spacial score (nSPS) is 11.9. The Hall–Kier alpha value is -1.41. The van der Waals surface area contributed by atoms with E-state index < -0.39 is 0 Å². The molecule has 0 aliphatic rings. The average molecular weight is 467 g/mol. The van der Waals surface area contributed by atoms with Crippen LogP contribution in [0.1, 0.15) is 12.8 Å². The van der Waals surface area contributed by atoms with Crippen molar-refractivity contribution in [2.24, 2.45) is 4.99 Å². The zero-order valence-electron chi connectivity index (χ0n) is 16.4. The average Bonchev–Trinajstić information content (AvgIpc) is 3.05. The molecule has 2 aromatic carbocycles. The Balaban J connectivity index is 1.63. The number of thioether (sulfide) groups is 2. The molecule has 0 atom stereocenters. The lowest BCUT2D eigenvalue weighted by Gasteiger charge is -2.04. The predicted octanol–water partition coefficient (Wildman–Crippen LogP) is 5.73. The SMILES string of the molecule is COc1ccc(SCCCC(=O)N=c2sc3cc(Cl)ccc3n2CCSC)cc1. The first kappa shape index (κ1) is 22.3. The van der Waals surface area contributed by atoms with Crippen LogP contribution in [0, 0.1) is 0 Å². The van der Waals surface area contributed by atoms with Gasteiger partial charge in [0, 0.05) is 28.6 Å². The Morgan fingerprint density at radius 1 is 1.21 bits per heavy atom. The van der Waals surface area contributed by atoms with Crippen molar-refractivity contribution in [2.75, 3.05) is 24.9 Å². The van der Waals surface area contributed by atoms with Crippen LogP contribution in [0.2, 0.25) is 5.02 Å². The van der Waals surface area contributed by atoms with Crippen LogP contribution in [-0.4, -0.2) is 35.3 Å². The number of methoxy groups -OCH3 is 1. The number of aryl methyl sites for hydroxylation is 1. The van der Waals surface area contributed by atoms with E-state index in [9.17, 15) is 4.79 Å². The van der Waals surface area contributed by atoms with Crippen molar-refractivity contribution in [1.29, 1.82) is 0 Å². The smallest absolute Gasteiger partial charge is 0.248 e. The highest BCUT2D eigenvalue weighted by Crippen LogP contribution is 2.23. The highest BCUT2D eigenvalue weighted by Gasteiger charge is 2.09. The number of thiazole rings is 1. The van der Waals surface area contributed by atoms with E-state index in [0.29, 0.717) is 11.4 Å². The molecule has 8 heteroatoms. The standard InChI is InChI=1S/C21H23ClN2O2S3/c1-26-16-6-8-17(9-7-16)28-12-3-4-20(25)23-21-24(11-13-27-2)18-10-5-15(22)14-19(18)29-21/h5-10,14H,3-4,11-13H2,1-2H3. The summed E-state index contributed by atoms with van der Waals surface area (Å²) in [6, 6.07) is 13.8. The number of carbonyl (C=O) groups excluding carboxylic acids is 1. The van der Waals surface area contributed by atoms with Crippen LogP contribution >= 0.6 is 46.5 Å². The number of hydrogen-bond acceptors (Lipinski definition) is 5. The molecule has 1 heterocycles. The zero-order valence-corrected chi connectivity index (χ0v) is 19.6. The molecule has 0 N–H and O–H groups in total. The Labute approximate surface area is 188 Å². The quantitative estimate of drug-likeness (QED) is 0.298. The molecule has 0 saturated heterocycles. The number of hydrogen-bond donors (Lipinski definition) is 0. The number of ether oxygens (including phenoxy) is 1. The summed E-state index contributed by atoms with van der Waals surface area (Å²) in [4.78, 5) is 18.8. The van der Waals surface area contributed by atoms with Gasteiger partial charge in [-0.2, -0.15) is 16.8 Å². The maximum absolute atomic E-state index is 12.4.